The Kier molecular flexibility index (Phi) is 15.6. The molecule has 0 unspecified atom stereocenters. The molecule has 0 saturated carbocycles. The Balaban J connectivity index is 0.000000228. The summed E-state index contributed by atoms with van der Waals surface area (Å²) in [6, 6.07) is 37.3. The Hall–Kier alpha value is -6.46. The largest absolute Gasteiger partial charge is 0.490 e. The van der Waals surface area contributed by atoms with Gasteiger partial charge in [0.1, 0.15) is 54.3 Å². The number of nitrogens with one attached hydrogen (secondary N) is 2. The average Bonchev–Trinajstić information content (AvgIpc) is 3.24. The third kappa shape index (κ3) is 13.6. The van der Waals surface area contributed by atoms with Gasteiger partial charge in [0.05, 0.1) is 21.0 Å². The minimum Gasteiger partial charge on any atom is -0.490 e. The molecule has 18 heteroatoms. The van der Waals surface area contributed by atoms with E-state index in [4.69, 9.17) is 52.4 Å². The fourth-order valence-corrected chi connectivity index (χ4v) is 7.87. The van der Waals surface area contributed by atoms with Crippen LogP contribution in [0.2, 0.25) is 10.0 Å². The number of rotatable bonds is 18. The van der Waals surface area contributed by atoms with Crippen molar-refractivity contribution in [3.8, 4) is 23.0 Å². The average molecular weight is 896 g/mol. The molecule has 0 saturated heterocycles. The Labute approximate surface area is 356 Å². The lowest BCUT2D eigenvalue weighted by Gasteiger charge is -2.11. The lowest BCUT2D eigenvalue weighted by Crippen LogP contribution is -2.13. The molecule has 6 aromatic rings. The van der Waals surface area contributed by atoms with Gasteiger partial charge in [-0.2, -0.15) is 0 Å². The monoisotopic (exact) mass is 894 g/mol. The smallest absolute Gasteiger partial charge is 0.335 e. The standard InChI is InChI=1S/C21H17Cl2NO6S.C21H19NO6S/c22-15-3-10-19(23)20(13-15)31(27,28)24-16-4-8-18(9-5-16)30-12-11-29-17-6-1-14(2-7-17)21(25)26;23-21(24)16-6-10-18(11-7-16)27-14-15-28-19-12-8-17(9-13-19)22-29(25,26)20-4-2-1-3-5-20/h1-10,13,24H,11-12H2,(H,25,26);1-13,22H,14-15H2,(H,23,24). The Bertz CT molecular complexity index is 2580. The van der Waals surface area contributed by atoms with Crippen molar-refractivity contribution in [2.24, 2.45) is 0 Å². The van der Waals surface area contributed by atoms with Crippen LogP contribution in [0, 0.1) is 0 Å². The molecule has 60 heavy (non-hydrogen) atoms. The molecule has 4 N–H and O–H groups in total. The highest BCUT2D eigenvalue weighted by atomic mass is 35.5. The SMILES string of the molecule is O=C(O)c1ccc(OCCOc2ccc(NS(=O)(=O)c3cc(Cl)ccc3Cl)cc2)cc1.O=C(O)c1ccc(OCCOc2ccc(NS(=O)(=O)c3ccccc3)cc2)cc1. The zero-order chi connectivity index (χ0) is 43.1. The molecule has 0 aliphatic rings. The molecule has 0 fully saturated rings. The maximum absolute atomic E-state index is 12.5. The van der Waals surface area contributed by atoms with Gasteiger partial charge in [-0.15, -0.1) is 0 Å². The van der Waals surface area contributed by atoms with Gasteiger partial charge in [-0.3, -0.25) is 9.44 Å². The van der Waals surface area contributed by atoms with Crippen LogP contribution < -0.4 is 28.4 Å². The van der Waals surface area contributed by atoms with Crippen molar-refractivity contribution in [2.75, 3.05) is 35.9 Å². The number of carboxylic acid groups (broad SMARTS) is 2. The number of benzene rings is 6. The number of ether oxygens (including phenoxy) is 4. The summed E-state index contributed by atoms with van der Waals surface area (Å²) in [4.78, 5) is 21.7. The summed E-state index contributed by atoms with van der Waals surface area (Å²) in [5.41, 5.74) is 1.13. The first kappa shape index (κ1) is 44.6. The Morgan fingerprint density at radius 2 is 0.850 bits per heavy atom. The van der Waals surface area contributed by atoms with Crippen LogP contribution in [0.25, 0.3) is 0 Å². The van der Waals surface area contributed by atoms with Crippen LogP contribution in [0.4, 0.5) is 11.4 Å². The topological polar surface area (TPSA) is 204 Å². The van der Waals surface area contributed by atoms with Crippen molar-refractivity contribution >= 4 is 66.6 Å². The van der Waals surface area contributed by atoms with Gasteiger partial charge in [0.15, 0.2) is 0 Å². The summed E-state index contributed by atoms with van der Waals surface area (Å²) < 4.78 is 76.7. The number of hydrogen-bond donors (Lipinski definition) is 4. The molecule has 14 nitrogen and oxygen atoms in total. The zero-order valence-electron chi connectivity index (χ0n) is 31.2. The highest BCUT2D eigenvalue weighted by Crippen LogP contribution is 2.28. The number of carboxylic acids is 2. The van der Waals surface area contributed by atoms with E-state index in [1.807, 2.05) is 0 Å². The van der Waals surface area contributed by atoms with E-state index in [1.54, 1.807) is 91.0 Å². The Morgan fingerprint density at radius 3 is 1.23 bits per heavy atom. The quantitative estimate of drug-likeness (QED) is 0.0599. The van der Waals surface area contributed by atoms with Crippen LogP contribution in [0.1, 0.15) is 20.7 Å². The molecule has 0 heterocycles. The van der Waals surface area contributed by atoms with Gasteiger partial charge >= 0.3 is 11.9 Å². The third-order valence-corrected chi connectivity index (χ3v) is 11.4. The number of carbonyl (C=O) groups is 2. The number of aromatic carboxylic acids is 2. The van der Waals surface area contributed by atoms with Crippen LogP contribution in [-0.2, 0) is 20.0 Å². The summed E-state index contributed by atoms with van der Waals surface area (Å²) >= 11 is 11.8. The van der Waals surface area contributed by atoms with E-state index in [2.05, 4.69) is 9.44 Å². The van der Waals surface area contributed by atoms with Gasteiger partial charge in [-0.25, -0.2) is 26.4 Å². The third-order valence-electron chi connectivity index (χ3n) is 7.89. The summed E-state index contributed by atoms with van der Waals surface area (Å²) in [5.74, 6) is 0.166. The first-order valence-corrected chi connectivity index (χ1v) is 21.3. The lowest BCUT2D eigenvalue weighted by molar-refractivity contribution is 0.0686. The molecule has 0 atom stereocenters. The fourth-order valence-electron chi connectivity index (χ4n) is 4.97. The first-order valence-electron chi connectivity index (χ1n) is 17.6. The first-order chi connectivity index (χ1) is 28.7. The van der Waals surface area contributed by atoms with Crippen molar-refractivity contribution in [2.45, 2.75) is 9.79 Å². The summed E-state index contributed by atoms with van der Waals surface area (Å²) in [5, 5.41) is 18.0. The van der Waals surface area contributed by atoms with Gasteiger partial charge < -0.3 is 29.2 Å². The van der Waals surface area contributed by atoms with Gasteiger partial charge in [0, 0.05) is 16.4 Å². The van der Waals surface area contributed by atoms with E-state index in [0.717, 1.165) is 0 Å². The van der Waals surface area contributed by atoms with Crippen molar-refractivity contribution in [1.29, 1.82) is 0 Å². The predicted molar refractivity (Wildman–Crippen MR) is 226 cm³/mol. The molecule has 0 radical (unpaired) electrons. The van der Waals surface area contributed by atoms with Crippen molar-refractivity contribution in [3.63, 3.8) is 0 Å². The molecule has 6 rings (SSSR count). The van der Waals surface area contributed by atoms with E-state index in [9.17, 15) is 26.4 Å². The second-order valence-electron chi connectivity index (χ2n) is 12.2. The van der Waals surface area contributed by atoms with Crippen LogP contribution in [-0.4, -0.2) is 65.4 Å². The van der Waals surface area contributed by atoms with Gasteiger partial charge in [-0.1, -0.05) is 41.4 Å². The van der Waals surface area contributed by atoms with Gasteiger partial charge in [0.2, 0.25) is 0 Å². The summed E-state index contributed by atoms with van der Waals surface area (Å²) in [7, 11) is -7.54. The van der Waals surface area contributed by atoms with Gasteiger partial charge in [-0.05, 0) is 127 Å². The van der Waals surface area contributed by atoms with Crippen molar-refractivity contribution < 1.29 is 55.6 Å². The number of hydrogen-bond acceptors (Lipinski definition) is 10. The van der Waals surface area contributed by atoms with E-state index in [1.165, 1.54) is 54.6 Å². The molecule has 6 aromatic carbocycles. The van der Waals surface area contributed by atoms with E-state index < -0.39 is 32.0 Å². The number of sulfonamides is 2. The fraction of sp³-hybridized carbons (Fsp3) is 0.0952. The van der Waals surface area contributed by atoms with Gasteiger partial charge in [0.25, 0.3) is 20.0 Å². The Morgan fingerprint density at radius 1 is 0.483 bits per heavy atom. The minimum absolute atomic E-state index is 0.0643. The zero-order valence-corrected chi connectivity index (χ0v) is 34.4. The molecular formula is C42H36Cl2N2O12S2. The van der Waals surface area contributed by atoms with Crippen molar-refractivity contribution in [1.82, 2.24) is 0 Å². The molecule has 0 aliphatic carbocycles. The van der Waals surface area contributed by atoms with Crippen LogP contribution in [0.15, 0.2) is 155 Å². The summed E-state index contributed by atoms with van der Waals surface area (Å²) in [6.07, 6.45) is 0. The molecular weight excluding hydrogens is 860 g/mol. The molecule has 312 valence electrons. The minimum atomic E-state index is -3.90. The van der Waals surface area contributed by atoms with Crippen LogP contribution >= 0.6 is 23.2 Å². The highest BCUT2D eigenvalue weighted by Gasteiger charge is 2.19. The van der Waals surface area contributed by atoms with E-state index in [0.29, 0.717) is 34.4 Å². The maximum Gasteiger partial charge on any atom is 0.335 e. The van der Waals surface area contributed by atoms with Crippen LogP contribution in [0.3, 0.4) is 0 Å². The van der Waals surface area contributed by atoms with Crippen molar-refractivity contribution in [3.05, 3.63) is 167 Å². The van der Waals surface area contributed by atoms with Crippen LogP contribution in [0.5, 0.6) is 23.0 Å². The highest BCUT2D eigenvalue weighted by molar-refractivity contribution is 7.93. The lowest BCUT2D eigenvalue weighted by atomic mass is 10.2. The number of anilines is 2. The summed E-state index contributed by atoms with van der Waals surface area (Å²) in [6.45, 7) is 1.03. The molecule has 0 spiro atoms. The predicted octanol–water partition coefficient (Wildman–Crippen LogP) is 8.59. The molecule has 0 bridgehead atoms. The normalized spacial score (nSPS) is 11.0. The second-order valence-corrected chi connectivity index (χ2v) is 16.4. The molecule has 0 aliphatic heterocycles. The molecule has 0 amide bonds. The second kappa shape index (κ2) is 21.0. The van der Waals surface area contributed by atoms with E-state index in [-0.39, 0.29) is 57.4 Å². The molecule has 0 aromatic heterocycles. The number of halogens is 2. The maximum atomic E-state index is 12.5. The van der Waals surface area contributed by atoms with E-state index >= 15 is 0 Å².